The molecule has 1 heterocycles. The van der Waals surface area contributed by atoms with Crippen molar-refractivity contribution in [2.24, 2.45) is 11.8 Å². The Morgan fingerprint density at radius 1 is 1.26 bits per heavy atom. The van der Waals surface area contributed by atoms with E-state index in [1.165, 1.54) is 17.4 Å². The zero-order valence-electron chi connectivity index (χ0n) is 13.4. The van der Waals surface area contributed by atoms with Crippen LogP contribution in [0.15, 0.2) is 24.3 Å². The quantitative estimate of drug-likeness (QED) is 0.931. The Hall–Kier alpha value is -1.91. The molecule has 3 atom stereocenters. The van der Waals surface area contributed by atoms with Gasteiger partial charge in [0.2, 0.25) is 11.8 Å². The lowest BCUT2D eigenvalue weighted by Crippen LogP contribution is -2.44. The minimum atomic E-state index is -0.428. The summed E-state index contributed by atoms with van der Waals surface area (Å²) in [6.07, 6.45) is 4.65. The van der Waals surface area contributed by atoms with Crippen LogP contribution >= 0.6 is 0 Å². The molecule has 2 amide bonds. The third kappa shape index (κ3) is 3.38. The van der Waals surface area contributed by atoms with Gasteiger partial charge >= 0.3 is 0 Å². The molecule has 1 aromatic rings. The van der Waals surface area contributed by atoms with E-state index in [1.54, 1.807) is 18.2 Å². The van der Waals surface area contributed by atoms with Crippen LogP contribution < -0.4 is 10.2 Å². The van der Waals surface area contributed by atoms with Gasteiger partial charge in [-0.3, -0.25) is 9.59 Å². The van der Waals surface area contributed by atoms with Crippen molar-refractivity contribution in [3.05, 3.63) is 30.1 Å². The summed E-state index contributed by atoms with van der Waals surface area (Å²) >= 11 is 0. The molecule has 0 unspecified atom stereocenters. The van der Waals surface area contributed by atoms with Crippen LogP contribution in [0.25, 0.3) is 0 Å². The fourth-order valence-electron chi connectivity index (χ4n) is 3.62. The van der Waals surface area contributed by atoms with Crippen molar-refractivity contribution in [2.75, 3.05) is 11.4 Å². The maximum atomic E-state index is 13.9. The highest BCUT2D eigenvalue weighted by Crippen LogP contribution is 2.28. The second kappa shape index (κ2) is 6.69. The topological polar surface area (TPSA) is 49.4 Å². The van der Waals surface area contributed by atoms with Crippen molar-refractivity contribution >= 4 is 17.5 Å². The molecule has 23 heavy (non-hydrogen) atoms. The molecule has 1 saturated carbocycles. The molecule has 124 valence electrons. The summed E-state index contributed by atoms with van der Waals surface area (Å²) in [6.45, 7) is 2.42. The number of nitrogens with one attached hydrogen (secondary N) is 1. The number of nitrogens with zero attached hydrogens (tertiary/aromatic N) is 1. The number of anilines is 1. The molecule has 1 N–H and O–H groups in total. The van der Waals surface area contributed by atoms with Crippen molar-refractivity contribution in [3.8, 4) is 0 Å². The van der Waals surface area contributed by atoms with Crippen molar-refractivity contribution < 1.29 is 14.0 Å². The van der Waals surface area contributed by atoms with Crippen LogP contribution in [0.2, 0.25) is 0 Å². The molecule has 2 aliphatic rings. The van der Waals surface area contributed by atoms with Crippen LogP contribution in [0.1, 0.15) is 39.0 Å². The first kappa shape index (κ1) is 16.0. The molecule has 4 nitrogen and oxygen atoms in total. The molecule has 0 aromatic heterocycles. The van der Waals surface area contributed by atoms with E-state index >= 15 is 0 Å². The van der Waals surface area contributed by atoms with Gasteiger partial charge in [-0.1, -0.05) is 31.9 Å². The predicted octanol–water partition coefficient (Wildman–Crippen LogP) is 2.87. The van der Waals surface area contributed by atoms with Crippen LogP contribution in [0.3, 0.4) is 0 Å². The van der Waals surface area contributed by atoms with Crippen molar-refractivity contribution in [1.82, 2.24) is 5.32 Å². The Balaban J connectivity index is 1.65. The van der Waals surface area contributed by atoms with Gasteiger partial charge in [-0.25, -0.2) is 4.39 Å². The lowest BCUT2D eigenvalue weighted by molar-refractivity contribution is -0.127. The van der Waals surface area contributed by atoms with E-state index < -0.39 is 11.7 Å². The first-order chi connectivity index (χ1) is 11.1. The van der Waals surface area contributed by atoms with E-state index in [0.717, 1.165) is 19.3 Å². The second-order valence-corrected chi connectivity index (χ2v) is 6.73. The van der Waals surface area contributed by atoms with Crippen molar-refractivity contribution in [1.29, 1.82) is 0 Å². The molecule has 0 spiro atoms. The zero-order valence-corrected chi connectivity index (χ0v) is 13.4. The van der Waals surface area contributed by atoms with Crippen LogP contribution in [-0.4, -0.2) is 24.4 Å². The van der Waals surface area contributed by atoms with Crippen molar-refractivity contribution in [3.63, 3.8) is 0 Å². The Kier molecular flexibility index (Phi) is 4.64. The number of carbonyl (C=O) groups excluding carboxylic acids is 2. The fraction of sp³-hybridized carbons (Fsp3) is 0.556. The van der Waals surface area contributed by atoms with Crippen LogP contribution in [0.4, 0.5) is 10.1 Å². The smallest absolute Gasteiger partial charge is 0.227 e. The number of carbonyl (C=O) groups is 2. The Morgan fingerprint density at radius 2 is 2.00 bits per heavy atom. The maximum absolute atomic E-state index is 13.9. The van der Waals surface area contributed by atoms with Gasteiger partial charge in [0.1, 0.15) is 5.82 Å². The van der Waals surface area contributed by atoms with Crippen LogP contribution in [0, 0.1) is 17.7 Å². The third-order valence-corrected chi connectivity index (χ3v) is 5.08. The molecular formula is C18H23FN2O2. The standard InChI is InChI=1S/C18H23FN2O2/c1-12-6-2-4-8-15(12)20-18(23)13-10-17(22)21(11-13)16-9-5-3-7-14(16)19/h3,5,7,9,12-13,15H,2,4,6,8,10-11H2,1H3,(H,20,23)/t12-,13-,15-/m1/s1. The highest BCUT2D eigenvalue weighted by molar-refractivity contribution is 6.00. The minimum Gasteiger partial charge on any atom is -0.353 e. The van der Waals surface area contributed by atoms with Gasteiger partial charge in [0.15, 0.2) is 0 Å². The minimum absolute atomic E-state index is 0.0732. The van der Waals surface area contributed by atoms with E-state index in [1.807, 2.05) is 0 Å². The summed E-state index contributed by atoms with van der Waals surface area (Å²) in [6, 6.07) is 6.40. The third-order valence-electron chi connectivity index (χ3n) is 5.08. The van der Waals surface area contributed by atoms with E-state index in [0.29, 0.717) is 5.92 Å². The molecule has 2 fully saturated rings. The average molecular weight is 318 g/mol. The summed E-state index contributed by atoms with van der Waals surface area (Å²) in [7, 11) is 0. The Labute approximate surface area is 136 Å². The molecule has 5 heteroatoms. The normalized spacial score (nSPS) is 28.0. The van der Waals surface area contributed by atoms with E-state index in [9.17, 15) is 14.0 Å². The van der Waals surface area contributed by atoms with Gasteiger partial charge in [0.25, 0.3) is 0 Å². The number of hydrogen-bond donors (Lipinski definition) is 1. The molecule has 1 aliphatic heterocycles. The highest BCUT2D eigenvalue weighted by atomic mass is 19.1. The summed E-state index contributed by atoms with van der Waals surface area (Å²) in [5, 5.41) is 3.11. The highest BCUT2D eigenvalue weighted by Gasteiger charge is 2.37. The summed E-state index contributed by atoms with van der Waals surface area (Å²) in [4.78, 5) is 26.1. The molecule has 0 radical (unpaired) electrons. The Bertz CT molecular complexity index is 604. The zero-order chi connectivity index (χ0) is 16.4. The van der Waals surface area contributed by atoms with Crippen LogP contribution in [0.5, 0.6) is 0 Å². The number of para-hydroxylation sites is 1. The average Bonchev–Trinajstić information content (AvgIpc) is 2.92. The van der Waals surface area contributed by atoms with Crippen molar-refractivity contribution in [2.45, 2.75) is 45.1 Å². The van der Waals surface area contributed by atoms with Gasteiger partial charge in [0, 0.05) is 19.0 Å². The monoisotopic (exact) mass is 318 g/mol. The van der Waals surface area contributed by atoms with Gasteiger partial charge in [-0.15, -0.1) is 0 Å². The largest absolute Gasteiger partial charge is 0.353 e. The number of amides is 2. The predicted molar refractivity (Wildman–Crippen MR) is 86.4 cm³/mol. The SMILES string of the molecule is C[C@@H]1CCCC[C@H]1NC(=O)[C@@H]1CC(=O)N(c2ccccc2F)C1. The first-order valence-electron chi connectivity index (χ1n) is 8.41. The second-order valence-electron chi connectivity index (χ2n) is 6.73. The number of benzene rings is 1. The molecule has 0 bridgehead atoms. The molecule has 3 rings (SSSR count). The number of hydrogen-bond acceptors (Lipinski definition) is 2. The van der Waals surface area contributed by atoms with Crippen LogP contribution in [-0.2, 0) is 9.59 Å². The Morgan fingerprint density at radius 3 is 2.74 bits per heavy atom. The van der Waals surface area contributed by atoms with Gasteiger partial charge in [-0.05, 0) is 30.9 Å². The van der Waals surface area contributed by atoms with Gasteiger partial charge < -0.3 is 10.2 Å². The molecule has 1 aromatic carbocycles. The van der Waals surface area contributed by atoms with Gasteiger partial charge in [0.05, 0.1) is 11.6 Å². The summed E-state index contributed by atoms with van der Waals surface area (Å²) in [5.41, 5.74) is 0.263. The summed E-state index contributed by atoms with van der Waals surface area (Å²) < 4.78 is 13.9. The fourth-order valence-corrected chi connectivity index (χ4v) is 3.62. The lowest BCUT2D eigenvalue weighted by atomic mass is 9.85. The van der Waals surface area contributed by atoms with E-state index in [-0.39, 0.29) is 36.5 Å². The number of rotatable bonds is 3. The first-order valence-corrected chi connectivity index (χ1v) is 8.41. The maximum Gasteiger partial charge on any atom is 0.227 e. The number of halogens is 1. The summed E-state index contributed by atoms with van der Waals surface area (Å²) in [5.74, 6) is -0.602. The lowest BCUT2D eigenvalue weighted by Gasteiger charge is -2.30. The van der Waals surface area contributed by atoms with E-state index in [4.69, 9.17) is 0 Å². The van der Waals surface area contributed by atoms with E-state index in [2.05, 4.69) is 12.2 Å². The molecular weight excluding hydrogens is 295 g/mol. The molecule has 1 saturated heterocycles. The molecule has 1 aliphatic carbocycles. The van der Waals surface area contributed by atoms with Gasteiger partial charge in [-0.2, -0.15) is 0 Å².